The fraction of sp³-hybridized carbons (Fsp3) is 0.769. The second-order valence-corrected chi connectivity index (χ2v) is 6.52. The lowest BCUT2D eigenvalue weighted by molar-refractivity contribution is -0.138. The van der Waals surface area contributed by atoms with Gasteiger partial charge < -0.3 is 0 Å². The molecule has 2 amide bonds. The van der Waals surface area contributed by atoms with Gasteiger partial charge in [0.25, 0.3) is 0 Å². The van der Waals surface area contributed by atoms with E-state index in [1.807, 2.05) is 20.8 Å². The van der Waals surface area contributed by atoms with Crippen LogP contribution in [0.4, 0.5) is 0 Å². The monoisotopic (exact) mass is 271 g/mol. The van der Waals surface area contributed by atoms with Gasteiger partial charge in [-0.1, -0.05) is 20.8 Å². The van der Waals surface area contributed by atoms with Crippen molar-refractivity contribution in [3.63, 3.8) is 0 Å². The van der Waals surface area contributed by atoms with Crippen LogP contribution in [0.15, 0.2) is 0 Å². The van der Waals surface area contributed by atoms with E-state index in [0.29, 0.717) is 12.3 Å². The highest BCUT2D eigenvalue weighted by molar-refractivity contribution is 8.00. The SMILES string of the molecule is CCCN1C(=O)CC(SCC(C)(C)C(C)=O)C1=O. The van der Waals surface area contributed by atoms with Gasteiger partial charge in [0.1, 0.15) is 5.78 Å². The Kier molecular flexibility index (Phi) is 4.96. The number of carbonyl (C=O) groups excluding carboxylic acids is 3. The maximum atomic E-state index is 12.0. The molecule has 1 rings (SSSR count). The van der Waals surface area contributed by atoms with E-state index < -0.39 is 5.41 Å². The summed E-state index contributed by atoms with van der Waals surface area (Å²) in [5, 5.41) is -0.303. The molecule has 1 atom stereocenters. The molecule has 1 unspecified atom stereocenters. The van der Waals surface area contributed by atoms with E-state index in [-0.39, 0.29) is 29.3 Å². The normalized spacial score (nSPS) is 20.7. The van der Waals surface area contributed by atoms with E-state index in [4.69, 9.17) is 0 Å². The molecule has 0 bridgehead atoms. The number of thioether (sulfide) groups is 1. The Bertz CT molecular complexity index is 365. The largest absolute Gasteiger partial charge is 0.299 e. The Balaban J connectivity index is 2.58. The zero-order chi connectivity index (χ0) is 13.9. The predicted octanol–water partition coefficient (Wildman–Crippen LogP) is 1.87. The van der Waals surface area contributed by atoms with Crippen LogP contribution >= 0.6 is 11.8 Å². The van der Waals surface area contributed by atoms with Gasteiger partial charge in [0, 0.05) is 24.1 Å². The summed E-state index contributed by atoms with van der Waals surface area (Å²) in [6.07, 6.45) is 1.06. The third-order valence-electron chi connectivity index (χ3n) is 3.25. The Morgan fingerprint density at radius 3 is 2.56 bits per heavy atom. The molecule has 0 aromatic rings. The minimum Gasteiger partial charge on any atom is -0.299 e. The van der Waals surface area contributed by atoms with E-state index in [9.17, 15) is 14.4 Å². The molecular formula is C13H21NO3S. The number of nitrogens with zero attached hydrogens (tertiary/aromatic N) is 1. The molecule has 1 fully saturated rings. The Labute approximate surface area is 112 Å². The van der Waals surface area contributed by atoms with Crippen molar-refractivity contribution in [2.45, 2.75) is 45.8 Å². The van der Waals surface area contributed by atoms with Gasteiger partial charge in [-0.3, -0.25) is 19.3 Å². The first kappa shape index (κ1) is 15.2. The van der Waals surface area contributed by atoms with Crippen molar-refractivity contribution in [2.24, 2.45) is 5.41 Å². The standard InChI is InChI=1S/C13H21NO3S/c1-5-6-14-11(16)7-10(12(14)17)18-8-13(3,4)9(2)15/h10H,5-8H2,1-4H3. The summed E-state index contributed by atoms with van der Waals surface area (Å²) >= 11 is 1.43. The van der Waals surface area contributed by atoms with E-state index in [1.165, 1.54) is 16.7 Å². The van der Waals surface area contributed by atoms with Gasteiger partial charge in [0.05, 0.1) is 5.25 Å². The van der Waals surface area contributed by atoms with Crippen LogP contribution in [-0.4, -0.2) is 40.0 Å². The number of rotatable bonds is 6. The van der Waals surface area contributed by atoms with Crippen LogP contribution in [-0.2, 0) is 14.4 Å². The van der Waals surface area contributed by atoms with Gasteiger partial charge in [-0.25, -0.2) is 0 Å². The predicted molar refractivity (Wildman–Crippen MR) is 72.3 cm³/mol. The molecule has 18 heavy (non-hydrogen) atoms. The molecule has 102 valence electrons. The summed E-state index contributed by atoms with van der Waals surface area (Å²) in [6.45, 7) is 7.75. The molecule has 4 nitrogen and oxygen atoms in total. The molecule has 0 aliphatic carbocycles. The number of imide groups is 1. The summed E-state index contributed by atoms with van der Waals surface area (Å²) < 4.78 is 0. The third-order valence-corrected chi connectivity index (χ3v) is 4.91. The summed E-state index contributed by atoms with van der Waals surface area (Å²) in [7, 11) is 0. The maximum Gasteiger partial charge on any atom is 0.242 e. The van der Waals surface area contributed by atoms with E-state index >= 15 is 0 Å². The Morgan fingerprint density at radius 2 is 2.06 bits per heavy atom. The van der Waals surface area contributed by atoms with Gasteiger partial charge in [-0.15, -0.1) is 11.8 Å². The molecule has 1 saturated heterocycles. The van der Waals surface area contributed by atoms with Crippen molar-refractivity contribution < 1.29 is 14.4 Å². The van der Waals surface area contributed by atoms with E-state index in [1.54, 1.807) is 6.92 Å². The number of ketones is 1. The average molecular weight is 271 g/mol. The van der Waals surface area contributed by atoms with Gasteiger partial charge in [-0.2, -0.15) is 0 Å². The number of amides is 2. The second kappa shape index (κ2) is 5.87. The first-order valence-corrected chi connectivity index (χ1v) is 7.31. The number of likely N-dealkylation sites (tertiary alicyclic amines) is 1. The van der Waals surface area contributed by atoms with Crippen molar-refractivity contribution in [2.75, 3.05) is 12.3 Å². The van der Waals surface area contributed by atoms with E-state index in [2.05, 4.69) is 0 Å². The van der Waals surface area contributed by atoms with Crippen LogP contribution in [0.2, 0.25) is 0 Å². The van der Waals surface area contributed by atoms with Crippen molar-refractivity contribution in [1.82, 2.24) is 4.90 Å². The zero-order valence-electron chi connectivity index (χ0n) is 11.5. The fourth-order valence-electron chi connectivity index (χ4n) is 1.65. The van der Waals surface area contributed by atoms with Crippen LogP contribution in [0.25, 0.3) is 0 Å². The quantitative estimate of drug-likeness (QED) is 0.692. The summed E-state index contributed by atoms with van der Waals surface area (Å²) in [6, 6.07) is 0. The smallest absolute Gasteiger partial charge is 0.242 e. The van der Waals surface area contributed by atoms with Crippen molar-refractivity contribution in [3.8, 4) is 0 Å². The maximum absolute atomic E-state index is 12.0. The highest BCUT2D eigenvalue weighted by Gasteiger charge is 2.39. The van der Waals surface area contributed by atoms with Gasteiger partial charge in [0.2, 0.25) is 11.8 Å². The molecular weight excluding hydrogens is 250 g/mol. The number of hydrogen-bond donors (Lipinski definition) is 0. The Morgan fingerprint density at radius 1 is 1.44 bits per heavy atom. The van der Waals surface area contributed by atoms with Crippen molar-refractivity contribution in [1.29, 1.82) is 0 Å². The molecule has 0 spiro atoms. The minimum atomic E-state index is -0.438. The fourth-order valence-corrected chi connectivity index (χ4v) is 3.00. The second-order valence-electron chi connectivity index (χ2n) is 5.33. The zero-order valence-corrected chi connectivity index (χ0v) is 12.3. The highest BCUT2D eigenvalue weighted by Crippen LogP contribution is 2.31. The highest BCUT2D eigenvalue weighted by atomic mass is 32.2. The topological polar surface area (TPSA) is 54.5 Å². The number of Topliss-reactive ketones (excluding diaryl/α,β-unsaturated/α-hetero) is 1. The van der Waals surface area contributed by atoms with Gasteiger partial charge in [0.15, 0.2) is 0 Å². The third kappa shape index (κ3) is 3.34. The lowest BCUT2D eigenvalue weighted by Gasteiger charge is -2.22. The van der Waals surface area contributed by atoms with Crippen molar-refractivity contribution >= 4 is 29.4 Å². The molecule has 1 aliphatic rings. The molecule has 0 N–H and O–H groups in total. The van der Waals surface area contributed by atoms with Gasteiger partial charge in [-0.05, 0) is 13.3 Å². The average Bonchev–Trinajstić information content (AvgIpc) is 2.54. The Hall–Kier alpha value is -0.840. The van der Waals surface area contributed by atoms with Crippen LogP contribution in [0.5, 0.6) is 0 Å². The molecule has 0 saturated carbocycles. The minimum absolute atomic E-state index is 0.0834. The lowest BCUT2D eigenvalue weighted by atomic mass is 9.92. The first-order valence-electron chi connectivity index (χ1n) is 6.26. The van der Waals surface area contributed by atoms with Crippen LogP contribution in [0.3, 0.4) is 0 Å². The molecule has 0 radical (unpaired) electrons. The van der Waals surface area contributed by atoms with E-state index in [0.717, 1.165) is 6.42 Å². The van der Waals surface area contributed by atoms with Crippen LogP contribution < -0.4 is 0 Å². The molecule has 0 aromatic heterocycles. The summed E-state index contributed by atoms with van der Waals surface area (Å²) in [5.74, 6) is 0.509. The summed E-state index contributed by atoms with van der Waals surface area (Å²) in [5.41, 5.74) is -0.438. The molecule has 0 aromatic carbocycles. The lowest BCUT2D eigenvalue weighted by Crippen LogP contribution is -2.32. The van der Waals surface area contributed by atoms with Crippen molar-refractivity contribution in [3.05, 3.63) is 0 Å². The molecule has 5 heteroatoms. The van der Waals surface area contributed by atoms with Gasteiger partial charge >= 0.3 is 0 Å². The number of hydrogen-bond acceptors (Lipinski definition) is 4. The molecule has 1 aliphatic heterocycles. The molecule has 1 heterocycles. The first-order chi connectivity index (χ1) is 8.29. The summed E-state index contributed by atoms with van der Waals surface area (Å²) in [4.78, 5) is 36.4. The van der Waals surface area contributed by atoms with Crippen LogP contribution in [0, 0.1) is 5.41 Å². The van der Waals surface area contributed by atoms with Crippen LogP contribution in [0.1, 0.15) is 40.5 Å². The number of carbonyl (C=O) groups is 3.